The number of benzene rings is 1. The molecule has 0 spiro atoms. The van der Waals surface area contributed by atoms with Gasteiger partial charge in [-0.2, -0.15) is 4.98 Å². The molecule has 0 unspecified atom stereocenters. The number of aromatic nitrogens is 2. The van der Waals surface area contributed by atoms with E-state index >= 15 is 0 Å². The Morgan fingerprint density at radius 3 is 2.76 bits per heavy atom. The maximum absolute atomic E-state index is 12.1. The molecule has 0 saturated heterocycles. The number of aliphatic carboxylic acids is 1. The van der Waals surface area contributed by atoms with Crippen LogP contribution >= 0.6 is 0 Å². The minimum atomic E-state index is -0.883. The van der Waals surface area contributed by atoms with E-state index < -0.39 is 5.97 Å². The van der Waals surface area contributed by atoms with Crippen molar-refractivity contribution in [3.63, 3.8) is 0 Å². The lowest BCUT2D eigenvalue weighted by atomic mass is 10.1. The molecule has 0 atom stereocenters. The number of hydrogen-bond donors (Lipinski definition) is 2. The van der Waals surface area contributed by atoms with Crippen LogP contribution in [-0.2, 0) is 4.79 Å². The fraction of sp³-hybridized carbons (Fsp3) is 0.286. The van der Waals surface area contributed by atoms with E-state index in [0.29, 0.717) is 29.9 Å². The van der Waals surface area contributed by atoms with Crippen molar-refractivity contribution < 1.29 is 19.2 Å². The van der Waals surface area contributed by atoms with Gasteiger partial charge in [-0.15, -0.1) is 0 Å². The standard InChI is InChI=1S/C14H15N3O4/c1-9-16-14(21-17-9)11-6-3-2-5-10(11)13(20)15-8-4-7-12(18)19/h2-3,5-6H,4,7-8H2,1H3,(H,15,20)(H,18,19). The molecule has 0 saturated carbocycles. The van der Waals surface area contributed by atoms with Crippen molar-refractivity contribution in [1.29, 1.82) is 0 Å². The van der Waals surface area contributed by atoms with Crippen molar-refractivity contribution in [1.82, 2.24) is 15.5 Å². The minimum absolute atomic E-state index is 0.0186. The summed E-state index contributed by atoms with van der Waals surface area (Å²) < 4.78 is 5.08. The van der Waals surface area contributed by atoms with Crippen LogP contribution in [0.1, 0.15) is 29.0 Å². The van der Waals surface area contributed by atoms with Crippen molar-refractivity contribution in [2.24, 2.45) is 0 Å². The summed E-state index contributed by atoms with van der Waals surface area (Å²) in [6, 6.07) is 6.88. The summed E-state index contributed by atoms with van der Waals surface area (Å²) in [6.45, 7) is 1.99. The van der Waals surface area contributed by atoms with Gasteiger partial charge in [-0.1, -0.05) is 17.3 Å². The Morgan fingerprint density at radius 1 is 1.33 bits per heavy atom. The normalized spacial score (nSPS) is 10.3. The van der Waals surface area contributed by atoms with Crippen LogP contribution in [0.2, 0.25) is 0 Å². The molecule has 1 aromatic heterocycles. The molecule has 0 aliphatic heterocycles. The largest absolute Gasteiger partial charge is 0.481 e. The first-order valence-corrected chi connectivity index (χ1v) is 6.47. The average molecular weight is 289 g/mol. The highest BCUT2D eigenvalue weighted by molar-refractivity contribution is 5.99. The number of rotatable bonds is 6. The lowest BCUT2D eigenvalue weighted by Crippen LogP contribution is -2.25. The lowest BCUT2D eigenvalue weighted by Gasteiger charge is -2.07. The first-order chi connectivity index (χ1) is 10.1. The fourth-order valence-electron chi connectivity index (χ4n) is 1.81. The van der Waals surface area contributed by atoms with Crippen molar-refractivity contribution in [2.45, 2.75) is 19.8 Å². The van der Waals surface area contributed by atoms with E-state index in [2.05, 4.69) is 15.5 Å². The predicted molar refractivity (Wildman–Crippen MR) is 73.7 cm³/mol. The molecule has 0 radical (unpaired) electrons. The number of aryl methyl sites for hydroxylation is 1. The number of nitrogens with zero attached hydrogens (tertiary/aromatic N) is 2. The molecule has 0 aliphatic rings. The Hall–Kier alpha value is -2.70. The van der Waals surface area contributed by atoms with E-state index in [1.54, 1.807) is 31.2 Å². The van der Waals surface area contributed by atoms with Crippen LogP contribution < -0.4 is 5.32 Å². The second-order valence-electron chi connectivity index (χ2n) is 4.45. The molecule has 2 aromatic rings. The van der Waals surface area contributed by atoms with E-state index in [0.717, 1.165) is 0 Å². The van der Waals surface area contributed by atoms with Crippen molar-refractivity contribution in [3.05, 3.63) is 35.7 Å². The zero-order valence-electron chi connectivity index (χ0n) is 11.5. The van der Waals surface area contributed by atoms with Gasteiger partial charge in [0.2, 0.25) is 0 Å². The smallest absolute Gasteiger partial charge is 0.303 e. The molecule has 2 rings (SSSR count). The first-order valence-electron chi connectivity index (χ1n) is 6.47. The number of amides is 1. The van der Waals surface area contributed by atoms with Crippen LogP contribution in [0.15, 0.2) is 28.8 Å². The van der Waals surface area contributed by atoms with Gasteiger partial charge >= 0.3 is 5.97 Å². The summed E-state index contributed by atoms with van der Waals surface area (Å²) in [4.78, 5) is 26.7. The quantitative estimate of drug-likeness (QED) is 0.783. The van der Waals surface area contributed by atoms with Crippen LogP contribution in [0.5, 0.6) is 0 Å². The molecule has 1 heterocycles. The van der Waals surface area contributed by atoms with Gasteiger partial charge in [-0.05, 0) is 25.5 Å². The van der Waals surface area contributed by atoms with Gasteiger partial charge in [0.05, 0.1) is 11.1 Å². The van der Waals surface area contributed by atoms with E-state index in [1.165, 1.54) is 0 Å². The average Bonchev–Trinajstić information content (AvgIpc) is 2.89. The van der Waals surface area contributed by atoms with E-state index in [-0.39, 0.29) is 18.2 Å². The number of carboxylic acids is 1. The van der Waals surface area contributed by atoms with Crippen molar-refractivity contribution >= 4 is 11.9 Å². The summed E-state index contributed by atoms with van der Waals surface area (Å²) in [7, 11) is 0. The van der Waals surface area contributed by atoms with Gasteiger partial charge in [0.1, 0.15) is 0 Å². The van der Waals surface area contributed by atoms with Crippen molar-refractivity contribution in [3.8, 4) is 11.5 Å². The number of nitrogens with one attached hydrogen (secondary N) is 1. The highest BCUT2D eigenvalue weighted by Gasteiger charge is 2.16. The second-order valence-corrected chi connectivity index (χ2v) is 4.45. The van der Waals surface area contributed by atoms with E-state index in [1.807, 2.05) is 0 Å². The van der Waals surface area contributed by atoms with E-state index in [4.69, 9.17) is 9.63 Å². The molecule has 0 aliphatic carbocycles. The summed E-state index contributed by atoms with van der Waals surface area (Å²) in [5.74, 6) is -0.414. The Kier molecular flexibility index (Phi) is 4.65. The zero-order valence-corrected chi connectivity index (χ0v) is 11.5. The van der Waals surface area contributed by atoms with Crippen LogP contribution in [0.3, 0.4) is 0 Å². The molecular weight excluding hydrogens is 274 g/mol. The van der Waals surface area contributed by atoms with Gasteiger partial charge in [0, 0.05) is 13.0 Å². The molecular formula is C14H15N3O4. The highest BCUT2D eigenvalue weighted by Crippen LogP contribution is 2.21. The Morgan fingerprint density at radius 2 is 2.10 bits per heavy atom. The van der Waals surface area contributed by atoms with E-state index in [9.17, 15) is 9.59 Å². The highest BCUT2D eigenvalue weighted by atomic mass is 16.5. The Labute approximate surface area is 121 Å². The first kappa shape index (κ1) is 14.7. The molecule has 0 fully saturated rings. The summed E-state index contributed by atoms with van der Waals surface area (Å²) in [6.07, 6.45) is 0.397. The minimum Gasteiger partial charge on any atom is -0.481 e. The van der Waals surface area contributed by atoms with Crippen LogP contribution in [-0.4, -0.2) is 33.7 Å². The van der Waals surface area contributed by atoms with Crippen LogP contribution in [0.25, 0.3) is 11.5 Å². The number of carbonyl (C=O) groups excluding carboxylic acids is 1. The molecule has 0 bridgehead atoms. The number of carboxylic acid groups (broad SMARTS) is 1. The van der Waals surface area contributed by atoms with Gasteiger partial charge in [0.15, 0.2) is 5.82 Å². The van der Waals surface area contributed by atoms with Crippen molar-refractivity contribution in [2.75, 3.05) is 6.54 Å². The molecule has 1 aromatic carbocycles. The molecule has 110 valence electrons. The molecule has 7 heteroatoms. The van der Waals surface area contributed by atoms with Crippen LogP contribution in [0.4, 0.5) is 0 Å². The SMILES string of the molecule is Cc1noc(-c2ccccc2C(=O)NCCCC(=O)O)n1. The number of carbonyl (C=O) groups is 2. The second kappa shape index (κ2) is 6.65. The fourth-order valence-corrected chi connectivity index (χ4v) is 1.81. The summed E-state index contributed by atoms with van der Waals surface area (Å²) in [5.41, 5.74) is 0.963. The Balaban J connectivity index is 2.09. The summed E-state index contributed by atoms with van der Waals surface area (Å²) in [5, 5.41) is 14.9. The molecule has 1 amide bonds. The number of hydrogen-bond acceptors (Lipinski definition) is 5. The molecule has 21 heavy (non-hydrogen) atoms. The predicted octanol–water partition coefficient (Wildman–Crippen LogP) is 1.64. The monoisotopic (exact) mass is 289 g/mol. The van der Waals surface area contributed by atoms with Gasteiger partial charge in [0.25, 0.3) is 11.8 Å². The summed E-state index contributed by atoms with van der Waals surface area (Å²) >= 11 is 0. The van der Waals surface area contributed by atoms with Gasteiger partial charge in [-0.3, -0.25) is 9.59 Å². The lowest BCUT2D eigenvalue weighted by molar-refractivity contribution is -0.137. The van der Waals surface area contributed by atoms with Crippen LogP contribution in [0, 0.1) is 6.92 Å². The molecule has 7 nitrogen and oxygen atoms in total. The van der Waals surface area contributed by atoms with Gasteiger partial charge in [-0.25, -0.2) is 0 Å². The molecule has 2 N–H and O–H groups in total. The maximum Gasteiger partial charge on any atom is 0.303 e. The maximum atomic E-state index is 12.1. The topological polar surface area (TPSA) is 105 Å². The van der Waals surface area contributed by atoms with Gasteiger partial charge < -0.3 is 14.9 Å². The zero-order chi connectivity index (χ0) is 15.2. The third kappa shape index (κ3) is 3.88. The third-order valence-electron chi connectivity index (χ3n) is 2.78. The third-order valence-corrected chi connectivity index (χ3v) is 2.78. The Bertz CT molecular complexity index is 651.